The normalized spacial score (nSPS) is 14.5. The van der Waals surface area contributed by atoms with E-state index in [1.807, 2.05) is 30.3 Å². The molecule has 1 aliphatic rings. The summed E-state index contributed by atoms with van der Waals surface area (Å²) in [7, 11) is 0. The molecule has 3 aromatic rings. The van der Waals surface area contributed by atoms with Gasteiger partial charge in [0.2, 0.25) is 0 Å². The van der Waals surface area contributed by atoms with Gasteiger partial charge >= 0.3 is 6.61 Å². The lowest BCUT2D eigenvalue weighted by atomic mass is 9.88. The molecular formula is C23H20F2N2O3. The standard InChI is InChI=1S/C23H20F2N2O3/c24-23(25)30-17-10-8-15(9-11-17)18(14-6-7-14)12-20(28)19-13-21(29)27-22(26-19)16-4-2-1-3-5-16/h1-5,8-11,13-14,18,23H,6-7,12H2,(H,26,27,29)/t18-/m1/s1. The van der Waals surface area contributed by atoms with Gasteiger partial charge in [0.05, 0.1) is 0 Å². The average Bonchev–Trinajstić information content (AvgIpc) is 3.57. The summed E-state index contributed by atoms with van der Waals surface area (Å²) in [6.07, 6.45) is 2.21. The quantitative estimate of drug-likeness (QED) is 0.541. The van der Waals surface area contributed by atoms with Gasteiger partial charge in [-0.25, -0.2) is 4.98 Å². The number of carbonyl (C=O) groups excluding carboxylic acids is 1. The molecule has 1 aromatic heterocycles. The van der Waals surface area contributed by atoms with Gasteiger partial charge in [0.25, 0.3) is 5.56 Å². The molecule has 0 amide bonds. The first-order valence-corrected chi connectivity index (χ1v) is 9.74. The number of nitrogens with one attached hydrogen (secondary N) is 1. The number of nitrogens with zero attached hydrogens (tertiary/aromatic N) is 1. The molecule has 0 spiro atoms. The summed E-state index contributed by atoms with van der Waals surface area (Å²) in [5, 5.41) is 0. The van der Waals surface area contributed by atoms with Crippen LogP contribution in [0.3, 0.4) is 0 Å². The Labute approximate surface area is 171 Å². The highest BCUT2D eigenvalue weighted by atomic mass is 19.3. The molecule has 1 aliphatic carbocycles. The molecule has 0 saturated heterocycles. The number of aromatic amines is 1. The fraction of sp³-hybridized carbons (Fsp3) is 0.261. The molecule has 1 N–H and O–H groups in total. The van der Waals surface area contributed by atoms with E-state index in [4.69, 9.17) is 0 Å². The topological polar surface area (TPSA) is 72.1 Å². The van der Waals surface area contributed by atoms with Crippen LogP contribution in [0.15, 0.2) is 65.5 Å². The van der Waals surface area contributed by atoms with E-state index in [0.29, 0.717) is 11.7 Å². The predicted octanol–water partition coefficient (Wildman–Crippen LogP) is 4.80. The van der Waals surface area contributed by atoms with Crippen molar-refractivity contribution in [1.82, 2.24) is 9.97 Å². The van der Waals surface area contributed by atoms with E-state index < -0.39 is 6.61 Å². The monoisotopic (exact) mass is 410 g/mol. The summed E-state index contributed by atoms with van der Waals surface area (Å²) in [6, 6.07) is 16.8. The highest BCUT2D eigenvalue weighted by Crippen LogP contribution is 2.45. The van der Waals surface area contributed by atoms with Crippen molar-refractivity contribution >= 4 is 5.78 Å². The van der Waals surface area contributed by atoms with Crippen LogP contribution in [0.5, 0.6) is 5.75 Å². The zero-order chi connectivity index (χ0) is 21.1. The van der Waals surface area contributed by atoms with Crippen LogP contribution in [-0.2, 0) is 0 Å². The lowest BCUT2D eigenvalue weighted by Gasteiger charge is -2.16. The molecule has 2 aromatic carbocycles. The molecule has 0 bridgehead atoms. The summed E-state index contributed by atoms with van der Waals surface area (Å²) in [5.41, 5.74) is 1.35. The number of rotatable bonds is 8. The zero-order valence-corrected chi connectivity index (χ0v) is 16.1. The third kappa shape index (κ3) is 4.79. The number of alkyl halides is 2. The Kier molecular flexibility index (Phi) is 5.70. The highest BCUT2D eigenvalue weighted by molar-refractivity contribution is 5.95. The smallest absolute Gasteiger partial charge is 0.387 e. The van der Waals surface area contributed by atoms with Crippen molar-refractivity contribution in [1.29, 1.82) is 0 Å². The average molecular weight is 410 g/mol. The minimum Gasteiger partial charge on any atom is -0.435 e. The van der Waals surface area contributed by atoms with E-state index in [0.717, 1.165) is 24.0 Å². The number of hydrogen-bond donors (Lipinski definition) is 1. The number of aromatic nitrogens is 2. The third-order valence-electron chi connectivity index (χ3n) is 5.20. The van der Waals surface area contributed by atoms with Crippen LogP contribution in [0.2, 0.25) is 0 Å². The van der Waals surface area contributed by atoms with Crippen molar-refractivity contribution in [3.05, 3.63) is 82.3 Å². The van der Waals surface area contributed by atoms with E-state index in [-0.39, 0.29) is 35.1 Å². The van der Waals surface area contributed by atoms with Crippen molar-refractivity contribution in [2.24, 2.45) is 5.92 Å². The minimum absolute atomic E-state index is 0.0561. The van der Waals surface area contributed by atoms with E-state index in [1.54, 1.807) is 12.1 Å². The van der Waals surface area contributed by atoms with Gasteiger partial charge in [-0.05, 0) is 42.4 Å². The van der Waals surface area contributed by atoms with Gasteiger partial charge < -0.3 is 9.72 Å². The van der Waals surface area contributed by atoms with Crippen LogP contribution < -0.4 is 10.3 Å². The van der Waals surface area contributed by atoms with Crippen LogP contribution in [0.4, 0.5) is 8.78 Å². The third-order valence-corrected chi connectivity index (χ3v) is 5.20. The number of halogens is 2. The fourth-order valence-corrected chi connectivity index (χ4v) is 3.59. The molecule has 0 aliphatic heterocycles. The number of carbonyl (C=O) groups is 1. The van der Waals surface area contributed by atoms with Crippen LogP contribution in [0.1, 0.15) is 41.2 Å². The molecule has 1 fully saturated rings. The van der Waals surface area contributed by atoms with Crippen LogP contribution in [0.25, 0.3) is 11.4 Å². The lowest BCUT2D eigenvalue weighted by Crippen LogP contribution is -2.16. The molecular weight excluding hydrogens is 390 g/mol. The fourth-order valence-electron chi connectivity index (χ4n) is 3.59. The maximum absolute atomic E-state index is 13.0. The SMILES string of the molecule is O=C(C[C@@H](c1ccc(OC(F)F)cc1)C1CC1)c1cc(=O)[nH]c(-c2ccccc2)n1. The Morgan fingerprint density at radius 1 is 1.10 bits per heavy atom. The minimum atomic E-state index is -2.88. The molecule has 1 saturated carbocycles. The first-order valence-electron chi connectivity index (χ1n) is 9.74. The summed E-state index contributed by atoms with van der Waals surface area (Å²) in [4.78, 5) is 32.1. The molecule has 0 radical (unpaired) electrons. The molecule has 4 rings (SSSR count). The Hall–Kier alpha value is -3.35. The molecule has 5 nitrogen and oxygen atoms in total. The van der Waals surface area contributed by atoms with Crippen molar-refractivity contribution in [3.8, 4) is 17.1 Å². The number of hydrogen-bond acceptors (Lipinski definition) is 4. The number of benzene rings is 2. The Morgan fingerprint density at radius 3 is 2.43 bits per heavy atom. The molecule has 1 atom stereocenters. The predicted molar refractivity (Wildman–Crippen MR) is 108 cm³/mol. The zero-order valence-electron chi connectivity index (χ0n) is 16.1. The van der Waals surface area contributed by atoms with Gasteiger partial charge in [-0.15, -0.1) is 0 Å². The van der Waals surface area contributed by atoms with Gasteiger partial charge in [0.15, 0.2) is 5.78 Å². The van der Waals surface area contributed by atoms with Gasteiger partial charge in [0, 0.05) is 18.1 Å². The van der Waals surface area contributed by atoms with E-state index in [2.05, 4.69) is 14.7 Å². The Balaban J connectivity index is 1.56. The second-order valence-corrected chi connectivity index (χ2v) is 7.36. The maximum Gasteiger partial charge on any atom is 0.387 e. The molecule has 30 heavy (non-hydrogen) atoms. The first-order chi connectivity index (χ1) is 14.5. The first kappa shape index (κ1) is 19.9. The van der Waals surface area contributed by atoms with Crippen molar-refractivity contribution in [2.45, 2.75) is 31.8 Å². The number of ketones is 1. The van der Waals surface area contributed by atoms with Gasteiger partial charge in [-0.1, -0.05) is 42.5 Å². The largest absolute Gasteiger partial charge is 0.435 e. The maximum atomic E-state index is 13.0. The van der Waals surface area contributed by atoms with Crippen molar-refractivity contribution in [3.63, 3.8) is 0 Å². The van der Waals surface area contributed by atoms with E-state index in [9.17, 15) is 18.4 Å². The summed E-state index contributed by atoms with van der Waals surface area (Å²) < 4.78 is 29.1. The molecule has 154 valence electrons. The highest BCUT2D eigenvalue weighted by Gasteiger charge is 2.34. The summed E-state index contributed by atoms with van der Waals surface area (Å²) >= 11 is 0. The second-order valence-electron chi connectivity index (χ2n) is 7.36. The lowest BCUT2D eigenvalue weighted by molar-refractivity contribution is -0.0498. The molecule has 7 heteroatoms. The summed E-state index contributed by atoms with van der Waals surface area (Å²) in [6.45, 7) is -2.88. The van der Waals surface area contributed by atoms with Crippen LogP contribution >= 0.6 is 0 Å². The number of Topliss-reactive ketones (excluding diaryl/α,β-unsaturated/α-hetero) is 1. The number of ether oxygens (including phenoxy) is 1. The van der Waals surface area contributed by atoms with Crippen molar-refractivity contribution in [2.75, 3.05) is 0 Å². The Morgan fingerprint density at radius 2 is 1.80 bits per heavy atom. The van der Waals surface area contributed by atoms with E-state index in [1.165, 1.54) is 18.2 Å². The Bertz CT molecular complexity index is 1080. The van der Waals surface area contributed by atoms with Gasteiger partial charge in [-0.3, -0.25) is 9.59 Å². The summed E-state index contributed by atoms with van der Waals surface area (Å²) in [5.74, 6) is 0.509. The molecule has 1 heterocycles. The van der Waals surface area contributed by atoms with E-state index >= 15 is 0 Å². The van der Waals surface area contributed by atoms with Crippen LogP contribution in [0, 0.1) is 5.92 Å². The van der Waals surface area contributed by atoms with Gasteiger partial charge in [0.1, 0.15) is 17.3 Å². The number of H-pyrrole nitrogens is 1. The molecule has 0 unspecified atom stereocenters. The van der Waals surface area contributed by atoms with Gasteiger partial charge in [-0.2, -0.15) is 8.78 Å². The van der Waals surface area contributed by atoms with Crippen LogP contribution in [-0.4, -0.2) is 22.4 Å². The second kappa shape index (κ2) is 8.57. The van der Waals surface area contributed by atoms with Crippen molar-refractivity contribution < 1.29 is 18.3 Å².